The van der Waals surface area contributed by atoms with Crippen LogP contribution in [-0.4, -0.2) is 36.0 Å². The molecule has 1 aliphatic rings. The Morgan fingerprint density at radius 2 is 1.80 bits per heavy atom. The van der Waals surface area contributed by atoms with Gasteiger partial charge in [0.25, 0.3) is 11.7 Å². The molecule has 1 aromatic heterocycles. The predicted octanol–water partition coefficient (Wildman–Crippen LogP) is 4.95. The van der Waals surface area contributed by atoms with Gasteiger partial charge < -0.3 is 19.6 Å². The average Bonchev–Trinajstić information content (AvgIpc) is 3.41. The van der Waals surface area contributed by atoms with E-state index in [2.05, 4.69) is 4.98 Å². The van der Waals surface area contributed by atoms with Crippen LogP contribution in [0.5, 0.6) is 11.5 Å². The molecule has 1 saturated heterocycles. The Kier molecular flexibility index (Phi) is 5.49. The molecule has 0 aliphatic carbocycles. The fourth-order valence-electron chi connectivity index (χ4n) is 4.48. The number of aromatic amines is 1. The second-order valence-corrected chi connectivity index (χ2v) is 8.00. The molecule has 5 rings (SSSR count). The Labute approximate surface area is 200 Å². The first-order chi connectivity index (χ1) is 16.9. The van der Waals surface area contributed by atoms with Crippen molar-refractivity contribution in [1.82, 2.24) is 4.98 Å². The molecule has 2 heterocycles. The molecule has 1 atom stereocenters. The maximum absolute atomic E-state index is 14.1. The highest BCUT2D eigenvalue weighted by atomic mass is 19.1. The van der Waals surface area contributed by atoms with Crippen LogP contribution in [0.2, 0.25) is 0 Å². The number of amides is 1. The second-order valence-electron chi connectivity index (χ2n) is 8.00. The number of benzene rings is 3. The van der Waals surface area contributed by atoms with E-state index in [0.29, 0.717) is 11.3 Å². The number of aliphatic hydroxyl groups excluding tert-OH is 1. The minimum Gasteiger partial charge on any atom is -0.507 e. The van der Waals surface area contributed by atoms with E-state index < -0.39 is 29.3 Å². The number of aliphatic hydroxyl groups is 1. The van der Waals surface area contributed by atoms with E-state index in [1.807, 2.05) is 24.3 Å². The van der Waals surface area contributed by atoms with Crippen molar-refractivity contribution in [1.29, 1.82) is 0 Å². The number of carbonyl (C=O) groups excluding carboxylic acids is 2. The van der Waals surface area contributed by atoms with Crippen LogP contribution >= 0.6 is 0 Å². The Hall–Kier alpha value is -4.59. The van der Waals surface area contributed by atoms with Gasteiger partial charge in [-0.25, -0.2) is 4.39 Å². The van der Waals surface area contributed by atoms with Crippen molar-refractivity contribution >= 4 is 34.0 Å². The van der Waals surface area contributed by atoms with Crippen LogP contribution in [0.25, 0.3) is 16.7 Å². The van der Waals surface area contributed by atoms with Gasteiger partial charge in [-0.05, 0) is 36.4 Å². The maximum atomic E-state index is 14.1. The number of H-pyrrole nitrogens is 1. The molecule has 4 aromatic rings. The van der Waals surface area contributed by atoms with Crippen LogP contribution in [0.1, 0.15) is 17.2 Å². The molecule has 0 bridgehead atoms. The zero-order valence-corrected chi connectivity index (χ0v) is 18.9. The lowest BCUT2D eigenvalue weighted by Crippen LogP contribution is -2.29. The van der Waals surface area contributed by atoms with Gasteiger partial charge in [-0.1, -0.05) is 24.3 Å². The molecule has 0 saturated carbocycles. The smallest absolute Gasteiger partial charge is 0.300 e. The Balaban J connectivity index is 1.79. The first kappa shape index (κ1) is 22.2. The number of ether oxygens (including phenoxy) is 2. The molecular formula is C27H21FN2O5. The van der Waals surface area contributed by atoms with Gasteiger partial charge in [-0.15, -0.1) is 0 Å². The summed E-state index contributed by atoms with van der Waals surface area (Å²) in [5.41, 5.74) is 1.65. The number of rotatable bonds is 5. The molecule has 176 valence electrons. The van der Waals surface area contributed by atoms with Gasteiger partial charge in [0.05, 0.1) is 31.4 Å². The number of aromatic nitrogens is 1. The fraction of sp³-hybridized carbons (Fsp3) is 0.111. The summed E-state index contributed by atoms with van der Waals surface area (Å²) in [4.78, 5) is 31.0. The number of nitrogens with zero attached hydrogens (tertiary/aromatic N) is 1. The number of Topliss-reactive ketones (excluding diaryl/α,β-unsaturated/α-hetero) is 1. The predicted molar refractivity (Wildman–Crippen MR) is 129 cm³/mol. The van der Waals surface area contributed by atoms with Crippen LogP contribution in [0.4, 0.5) is 10.1 Å². The highest BCUT2D eigenvalue weighted by Gasteiger charge is 2.48. The van der Waals surface area contributed by atoms with E-state index in [1.54, 1.807) is 30.5 Å². The molecule has 0 spiro atoms. The normalized spacial score (nSPS) is 17.2. The minimum atomic E-state index is -1.01. The SMILES string of the molecule is COc1ccc(/C(O)=C2\C(=O)C(=O)N(c3cccc(F)c3)C2c2c[nH]c3ccccc23)c(OC)c1. The Morgan fingerprint density at radius 1 is 1.00 bits per heavy atom. The van der Waals surface area contributed by atoms with Crippen molar-refractivity contribution in [3.63, 3.8) is 0 Å². The van der Waals surface area contributed by atoms with E-state index in [9.17, 15) is 19.1 Å². The third-order valence-corrected chi connectivity index (χ3v) is 6.11. The lowest BCUT2D eigenvalue weighted by atomic mass is 9.94. The molecule has 1 unspecified atom stereocenters. The topological polar surface area (TPSA) is 91.9 Å². The first-order valence-corrected chi connectivity index (χ1v) is 10.8. The van der Waals surface area contributed by atoms with Gasteiger partial charge in [-0.3, -0.25) is 14.5 Å². The summed E-state index contributed by atoms with van der Waals surface area (Å²) in [6, 6.07) is 16.6. The van der Waals surface area contributed by atoms with Gasteiger partial charge in [0.15, 0.2) is 0 Å². The number of methoxy groups -OCH3 is 2. The minimum absolute atomic E-state index is 0.132. The van der Waals surface area contributed by atoms with E-state index in [1.165, 1.54) is 37.3 Å². The summed E-state index contributed by atoms with van der Waals surface area (Å²) in [6.07, 6.45) is 1.69. The van der Waals surface area contributed by atoms with Crippen LogP contribution in [-0.2, 0) is 9.59 Å². The highest BCUT2D eigenvalue weighted by Crippen LogP contribution is 2.45. The Morgan fingerprint density at radius 3 is 2.54 bits per heavy atom. The zero-order valence-electron chi connectivity index (χ0n) is 18.9. The molecule has 7 nitrogen and oxygen atoms in total. The van der Waals surface area contributed by atoms with E-state index in [0.717, 1.165) is 10.9 Å². The molecule has 1 aliphatic heterocycles. The summed E-state index contributed by atoms with van der Waals surface area (Å²) in [7, 11) is 2.92. The molecule has 0 radical (unpaired) electrons. The first-order valence-electron chi connectivity index (χ1n) is 10.8. The molecular weight excluding hydrogens is 451 g/mol. The fourth-order valence-corrected chi connectivity index (χ4v) is 4.48. The average molecular weight is 472 g/mol. The number of hydrogen-bond acceptors (Lipinski definition) is 5. The monoisotopic (exact) mass is 472 g/mol. The van der Waals surface area contributed by atoms with Crippen LogP contribution < -0.4 is 14.4 Å². The van der Waals surface area contributed by atoms with Gasteiger partial charge in [0, 0.05) is 34.4 Å². The number of carbonyl (C=O) groups is 2. The molecule has 1 amide bonds. The molecule has 8 heteroatoms. The van der Waals surface area contributed by atoms with Crippen molar-refractivity contribution < 1.29 is 28.6 Å². The van der Waals surface area contributed by atoms with Crippen LogP contribution in [0.3, 0.4) is 0 Å². The number of hydrogen-bond donors (Lipinski definition) is 2. The van der Waals surface area contributed by atoms with E-state index in [-0.39, 0.29) is 22.6 Å². The van der Waals surface area contributed by atoms with Crippen LogP contribution in [0, 0.1) is 5.82 Å². The van der Waals surface area contributed by atoms with Crippen molar-refractivity contribution in [2.24, 2.45) is 0 Å². The van der Waals surface area contributed by atoms with Crippen molar-refractivity contribution in [2.45, 2.75) is 6.04 Å². The molecule has 1 fully saturated rings. The van der Waals surface area contributed by atoms with E-state index >= 15 is 0 Å². The number of nitrogens with one attached hydrogen (secondary N) is 1. The van der Waals surface area contributed by atoms with Crippen molar-refractivity contribution in [3.05, 3.63) is 95.4 Å². The lowest BCUT2D eigenvalue weighted by Gasteiger charge is -2.25. The van der Waals surface area contributed by atoms with Gasteiger partial charge in [-0.2, -0.15) is 0 Å². The summed E-state index contributed by atoms with van der Waals surface area (Å²) in [5, 5.41) is 12.2. The molecule has 3 aromatic carbocycles. The third kappa shape index (κ3) is 3.59. The highest BCUT2D eigenvalue weighted by molar-refractivity contribution is 6.52. The largest absolute Gasteiger partial charge is 0.507 e. The molecule has 2 N–H and O–H groups in total. The van der Waals surface area contributed by atoms with Crippen molar-refractivity contribution in [2.75, 3.05) is 19.1 Å². The second kappa shape index (κ2) is 8.64. The number of fused-ring (bicyclic) bond motifs is 1. The maximum Gasteiger partial charge on any atom is 0.300 e. The lowest BCUT2D eigenvalue weighted by molar-refractivity contribution is -0.132. The Bertz CT molecular complexity index is 1510. The number of para-hydroxylation sites is 1. The zero-order chi connectivity index (χ0) is 24.7. The van der Waals surface area contributed by atoms with Gasteiger partial charge >= 0.3 is 0 Å². The summed E-state index contributed by atoms with van der Waals surface area (Å²) >= 11 is 0. The van der Waals surface area contributed by atoms with Crippen LogP contribution in [0.15, 0.2) is 78.5 Å². The number of ketones is 1. The number of halogens is 1. The summed E-state index contributed by atoms with van der Waals surface area (Å²) < 4.78 is 24.8. The number of anilines is 1. The molecule has 35 heavy (non-hydrogen) atoms. The van der Waals surface area contributed by atoms with E-state index in [4.69, 9.17) is 9.47 Å². The van der Waals surface area contributed by atoms with Gasteiger partial charge in [0.1, 0.15) is 23.1 Å². The van der Waals surface area contributed by atoms with Crippen molar-refractivity contribution in [3.8, 4) is 11.5 Å². The van der Waals surface area contributed by atoms with Gasteiger partial charge in [0.2, 0.25) is 0 Å². The quantitative estimate of drug-likeness (QED) is 0.244. The third-order valence-electron chi connectivity index (χ3n) is 6.11. The standard InChI is InChI=1S/C27H21FN2O5/c1-34-17-10-11-19(22(13-17)35-2)25(31)23-24(20-14-29-21-9-4-3-8-18(20)21)30(27(33)26(23)32)16-7-5-6-15(28)12-16/h3-14,24,29,31H,1-2H3/b25-23+. The summed E-state index contributed by atoms with van der Waals surface area (Å²) in [6.45, 7) is 0. The summed E-state index contributed by atoms with van der Waals surface area (Å²) in [5.74, 6) is -1.97.